The second-order valence-electron chi connectivity index (χ2n) is 5.78. The number of fused-ring (bicyclic) bond motifs is 1. The lowest BCUT2D eigenvalue weighted by atomic mass is 9.85. The molecule has 1 aliphatic carbocycles. The van der Waals surface area contributed by atoms with Crippen molar-refractivity contribution in [2.75, 3.05) is 5.32 Å². The van der Waals surface area contributed by atoms with E-state index in [0.717, 1.165) is 31.2 Å². The molecular formula is C17H19N3O2S. The summed E-state index contributed by atoms with van der Waals surface area (Å²) in [5, 5.41) is 3.42. The van der Waals surface area contributed by atoms with Gasteiger partial charge in [0.1, 0.15) is 5.00 Å². The van der Waals surface area contributed by atoms with Crippen LogP contribution in [0.1, 0.15) is 50.9 Å². The minimum Gasteiger partial charge on any atom is -0.365 e. The molecule has 6 heteroatoms. The third-order valence-electron chi connectivity index (χ3n) is 4.36. The number of nitrogens with two attached hydrogens (primary N) is 1. The van der Waals surface area contributed by atoms with E-state index in [0.29, 0.717) is 22.0 Å². The van der Waals surface area contributed by atoms with E-state index >= 15 is 0 Å². The predicted octanol–water partition coefficient (Wildman–Crippen LogP) is 3.01. The Hall–Kier alpha value is -2.21. The van der Waals surface area contributed by atoms with Crippen LogP contribution in [-0.2, 0) is 12.8 Å². The van der Waals surface area contributed by atoms with Crippen molar-refractivity contribution in [1.82, 2.24) is 4.98 Å². The average Bonchev–Trinajstić information content (AvgIpc) is 2.92. The van der Waals surface area contributed by atoms with Crippen molar-refractivity contribution in [3.63, 3.8) is 0 Å². The highest BCUT2D eigenvalue weighted by atomic mass is 32.1. The molecular weight excluding hydrogens is 310 g/mol. The molecule has 1 atom stereocenters. The zero-order chi connectivity index (χ0) is 16.4. The van der Waals surface area contributed by atoms with E-state index in [9.17, 15) is 9.59 Å². The Morgan fingerprint density at radius 2 is 2.13 bits per heavy atom. The number of primary amides is 1. The Morgan fingerprint density at radius 3 is 2.78 bits per heavy atom. The first-order valence-electron chi connectivity index (χ1n) is 7.75. The smallest absolute Gasteiger partial charge is 0.256 e. The van der Waals surface area contributed by atoms with Crippen molar-refractivity contribution < 1.29 is 9.59 Å². The Kier molecular flexibility index (Phi) is 4.43. The maximum absolute atomic E-state index is 12.3. The SMILES string of the molecule is CCC1CCc2c(sc(NC(=O)c3ccncc3)c2C(N)=O)C1. The Balaban J connectivity index is 1.92. The molecule has 1 unspecified atom stereocenters. The van der Waals surface area contributed by atoms with Crippen LogP contribution in [0, 0.1) is 5.92 Å². The Bertz CT molecular complexity index is 740. The van der Waals surface area contributed by atoms with E-state index < -0.39 is 5.91 Å². The van der Waals surface area contributed by atoms with Crippen LogP contribution in [0.15, 0.2) is 24.5 Å². The number of carbonyl (C=O) groups is 2. The fourth-order valence-electron chi connectivity index (χ4n) is 3.03. The third kappa shape index (κ3) is 3.12. The van der Waals surface area contributed by atoms with Crippen LogP contribution in [0.25, 0.3) is 0 Å². The first kappa shape index (κ1) is 15.7. The van der Waals surface area contributed by atoms with Crippen LogP contribution in [0.2, 0.25) is 0 Å². The van der Waals surface area contributed by atoms with Crippen LogP contribution in [0.5, 0.6) is 0 Å². The number of hydrogen-bond donors (Lipinski definition) is 2. The lowest BCUT2D eigenvalue weighted by Gasteiger charge is -2.20. The number of aromatic nitrogens is 1. The molecule has 1 aliphatic rings. The molecule has 2 aromatic heterocycles. The number of hydrogen-bond acceptors (Lipinski definition) is 4. The molecule has 0 aliphatic heterocycles. The van der Waals surface area contributed by atoms with Gasteiger partial charge in [0.2, 0.25) is 0 Å². The summed E-state index contributed by atoms with van der Waals surface area (Å²) in [5.41, 5.74) is 7.59. The standard InChI is InChI=1S/C17H19N3O2S/c1-2-10-3-4-12-13(9-10)23-17(14(12)15(18)21)20-16(22)11-5-7-19-8-6-11/h5-8,10H,2-4,9H2,1H3,(H2,18,21)(H,20,22). The van der Waals surface area contributed by atoms with Gasteiger partial charge in [-0.1, -0.05) is 13.3 Å². The minimum absolute atomic E-state index is 0.250. The van der Waals surface area contributed by atoms with Crippen LogP contribution in [0.3, 0.4) is 0 Å². The number of nitrogens with zero attached hydrogens (tertiary/aromatic N) is 1. The summed E-state index contributed by atoms with van der Waals surface area (Å²) in [7, 11) is 0. The van der Waals surface area contributed by atoms with Gasteiger partial charge < -0.3 is 11.1 Å². The minimum atomic E-state index is -0.470. The van der Waals surface area contributed by atoms with Crippen LogP contribution >= 0.6 is 11.3 Å². The molecule has 23 heavy (non-hydrogen) atoms. The number of rotatable bonds is 4. The van der Waals surface area contributed by atoms with E-state index in [1.807, 2.05) is 0 Å². The molecule has 0 radical (unpaired) electrons. The number of thiophene rings is 1. The number of amides is 2. The van der Waals surface area contributed by atoms with E-state index in [1.165, 1.54) is 16.2 Å². The molecule has 0 saturated carbocycles. The van der Waals surface area contributed by atoms with Crippen molar-refractivity contribution in [2.45, 2.75) is 32.6 Å². The summed E-state index contributed by atoms with van der Waals surface area (Å²) in [4.78, 5) is 29.3. The zero-order valence-electron chi connectivity index (χ0n) is 13.0. The normalized spacial score (nSPS) is 16.7. The molecule has 120 valence electrons. The lowest BCUT2D eigenvalue weighted by molar-refractivity contribution is 0.1000. The van der Waals surface area contributed by atoms with Gasteiger partial charge in [-0.25, -0.2) is 0 Å². The number of nitrogens with one attached hydrogen (secondary N) is 1. The highest BCUT2D eigenvalue weighted by Crippen LogP contribution is 2.40. The predicted molar refractivity (Wildman–Crippen MR) is 90.8 cm³/mol. The van der Waals surface area contributed by atoms with Crippen molar-refractivity contribution in [2.24, 2.45) is 11.7 Å². The molecule has 0 saturated heterocycles. The molecule has 0 aromatic carbocycles. The third-order valence-corrected chi connectivity index (χ3v) is 5.53. The first-order valence-corrected chi connectivity index (χ1v) is 8.57. The van der Waals surface area contributed by atoms with Gasteiger partial charge in [-0.3, -0.25) is 14.6 Å². The molecule has 3 N–H and O–H groups in total. The molecule has 2 amide bonds. The average molecular weight is 329 g/mol. The number of pyridine rings is 1. The van der Waals surface area contributed by atoms with Gasteiger partial charge in [-0.2, -0.15) is 0 Å². The topological polar surface area (TPSA) is 85.1 Å². The maximum atomic E-state index is 12.3. The summed E-state index contributed by atoms with van der Waals surface area (Å²) in [5.74, 6) is -0.0753. The quantitative estimate of drug-likeness (QED) is 0.904. The first-order chi connectivity index (χ1) is 11.1. The number of anilines is 1. The van der Waals surface area contributed by atoms with Gasteiger partial charge >= 0.3 is 0 Å². The molecule has 0 spiro atoms. The van der Waals surface area contributed by atoms with Gasteiger partial charge in [0.05, 0.1) is 5.56 Å². The highest BCUT2D eigenvalue weighted by molar-refractivity contribution is 7.17. The molecule has 2 aromatic rings. The molecule has 2 heterocycles. The summed E-state index contributed by atoms with van der Waals surface area (Å²) in [6.45, 7) is 2.18. The van der Waals surface area contributed by atoms with Gasteiger partial charge in [-0.05, 0) is 42.9 Å². The molecule has 0 bridgehead atoms. The fourth-order valence-corrected chi connectivity index (χ4v) is 4.39. The van der Waals surface area contributed by atoms with E-state index in [1.54, 1.807) is 24.5 Å². The second kappa shape index (κ2) is 6.50. The maximum Gasteiger partial charge on any atom is 0.256 e. The Labute approximate surface area is 138 Å². The molecule has 0 fully saturated rings. The number of carbonyl (C=O) groups excluding carboxylic acids is 2. The lowest BCUT2D eigenvalue weighted by Crippen LogP contribution is -2.19. The second-order valence-corrected chi connectivity index (χ2v) is 6.88. The van der Waals surface area contributed by atoms with Crippen LogP contribution < -0.4 is 11.1 Å². The van der Waals surface area contributed by atoms with Crippen molar-refractivity contribution in [1.29, 1.82) is 0 Å². The van der Waals surface area contributed by atoms with Gasteiger partial charge in [0, 0.05) is 22.8 Å². The highest BCUT2D eigenvalue weighted by Gasteiger charge is 2.28. The van der Waals surface area contributed by atoms with Gasteiger partial charge in [0.15, 0.2) is 0 Å². The Morgan fingerprint density at radius 1 is 1.39 bits per heavy atom. The summed E-state index contributed by atoms with van der Waals surface area (Å²) in [6, 6.07) is 3.28. The van der Waals surface area contributed by atoms with E-state index in [2.05, 4.69) is 17.2 Å². The van der Waals surface area contributed by atoms with Crippen molar-refractivity contribution in [3.05, 3.63) is 46.1 Å². The molecule has 5 nitrogen and oxygen atoms in total. The van der Waals surface area contributed by atoms with Crippen molar-refractivity contribution >= 4 is 28.2 Å². The van der Waals surface area contributed by atoms with Gasteiger partial charge in [0.25, 0.3) is 11.8 Å². The van der Waals surface area contributed by atoms with Crippen LogP contribution in [-0.4, -0.2) is 16.8 Å². The zero-order valence-corrected chi connectivity index (χ0v) is 13.8. The van der Waals surface area contributed by atoms with E-state index in [4.69, 9.17) is 5.73 Å². The largest absolute Gasteiger partial charge is 0.365 e. The summed E-state index contributed by atoms with van der Waals surface area (Å²) >= 11 is 1.48. The van der Waals surface area contributed by atoms with E-state index in [-0.39, 0.29) is 5.91 Å². The summed E-state index contributed by atoms with van der Waals surface area (Å²) < 4.78 is 0. The van der Waals surface area contributed by atoms with Gasteiger partial charge in [-0.15, -0.1) is 11.3 Å². The molecule has 3 rings (SSSR count). The van der Waals surface area contributed by atoms with Crippen LogP contribution in [0.4, 0.5) is 5.00 Å². The fraction of sp³-hybridized carbons (Fsp3) is 0.353. The monoisotopic (exact) mass is 329 g/mol. The summed E-state index contributed by atoms with van der Waals surface area (Å²) in [6.07, 6.45) is 7.14. The van der Waals surface area contributed by atoms with Crippen molar-refractivity contribution in [3.8, 4) is 0 Å².